The van der Waals surface area contributed by atoms with Crippen LogP contribution in [0.15, 0.2) is 50.8 Å². The van der Waals surface area contributed by atoms with Gasteiger partial charge >= 0.3 is 0 Å². The summed E-state index contributed by atoms with van der Waals surface area (Å²) in [6.45, 7) is 0. The van der Waals surface area contributed by atoms with Gasteiger partial charge in [-0.25, -0.2) is 0 Å². The van der Waals surface area contributed by atoms with E-state index in [9.17, 15) is 0 Å². The molecule has 0 aliphatic carbocycles. The third-order valence-electron chi connectivity index (χ3n) is 1.63. The summed E-state index contributed by atoms with van der Waals surface area (Å²) in [7, 11) is 0. The zero-order chi connectivity index (χ0) is 10.7. The third-order valence-corrected chi connectivity index (χ3v) is 3.24. The molecular formula is C10H6BrClN2S. The quantitative estimate of drug-likeness (QED) is 0.837. The topological polar surface area (TPSA) is 25.8 Å². The van der Waals surface area contributed by atoms with Gasteiger partial charge in [0.1, 0.15) is 5.03 Å². The highest BCUT2D eigenvalue weighted by atomic mass is 79.9. The lowest BCUT2D eigenvalue weighted by Crippen LogP contribution is -1.84. The van der Waals surface area contributed by atoms with Crippen LogP contribution in [0.3, 0.4) is 0 Å². The maximum atomic E-state index is 5.65. The van der Waals surface area contributed by atoms with Crippen molar-refractivity contribution in [2.75, 3.05) is 0 Å². The van der Waals surface area contributed by atoms with E-state index in [-0.39, 0.29) is 0 Å². The molecule has 1 aromatic carbocycles. The number of rotatable bonds is 2. The van der Waals surface area contributed by atoms with Gasteiger partial charge in [-0.05, 0) is 30.3 Å². The fraction of sp³-hybridized carbons (Fsp3) is 0. The summed E-state index contributed by atoms with van der Waals surface area (Å²) in [5.74, 6) is 0. The van der Waals surface area contributed by atoms with Gasteiger partial charge in [0, 0.05) is 9.37 Å². The Hall–Kier alpha value is -0.580. The van der Waals surface area contributed by atoms with E-state index in [4.69, 9.17) is 11.6 Å². The van der Waals surface area contributed by atoms with Gasteiger partial charge in [-0.2, -0.15) is 0 Å². The Kier molecular flexibility index (Phi) is 3.61. The molecule has 0 atom stereocenters. The molecule has 2 aromatic rings. The maximum Gasteiger partial charge on any atom is 0.151 e. The molecule has 2 nitrogen and oxygen atoms in total. The minimum atomic E-state index is 0.411. The summed E-state index contributed by atoms with van der Waals surface area (Å²) in [6.07, 6.45) is 0. The zero-order valence-electron chi connectivity index (χ0n) is 7.52. The minimum Gasteiger partial charge on any atom is -0.142 e. The van der Waals surface area contributed by atoms with Gasteiger partial charge in [0.2, 0.25) is 0 Å². The Morgan fingerprint density at radius 3 is 2.67 bits per heavy atom. The molecule has 0 unspecified atom stereocenters. The van der Waals surface area contributed by atoms with Crippen LogP contribution in [0.1, 0.15) is 0 Å². The molecule has 0 bridgehead atoms. The smallest absolute Gasteiger partial charge is 0.142 e. The van der Waals surface area contributed by atoms with Gasteiger partial charge in [0.15, 0.2) is 5.15 Å². The fourth-order valence-electron chi connectivity index (χ4n) is 1.01. The third kappa shape index (κ3) is 3.19. The summed E-state index contributed by atoms with van der Waals surface area (Å²) >= 11 is 10.6. The standard InChI is InChI=1S/C10H6BrClN2S/c11-7-2-1-3-8(6-7)15-10-5-4-9(12)13-14-10/h1-6H. The molecule has 15 heavy (non-hydrogen) atoms. The number of halogens is 2. The van der Waals surface area contributed by atoms with Gasteiger partial charge in [0.05, 0.1) is 0 Å². The van der Waals surface area contributed by atoms with Crippen LogP contribution >= 0.6 is 39.3 Å². The van der Waals surface area contributed by atoms with Crippen LogP contribution in [0.5, 0.6) is 0 Å². The summed E-state index contributed by atoms with van der Waals surface area (Å²) in [6, 6.07) is 11.6. The zero-order valence-corrected chi connectivity index (χ0v) is 10.7. The molecule has 2 rings (SSSR count). The van der Waals surface area contributed by atoms with Crippen LogP contribution in [0.2, 0.25) is 5.15 Å². The molecule has 0 aliphatic rings. The first-order chi connectivity index (χ1) is 7.24. The van der Waals surface area contributed by atoms with E-state index < -0.39 is 0 Å². The number of hydrogen-bond donors (Lipinski definition) is 0. The normalized spacial score (nSPS) is 10.3. The molecule has 5 heteroatoms. The summed E-state index contributed by atoms with van der Waals surface area (Å²) in [5.41, 5.74) is 0. The van der Waals surface area contributed by atoms with Crippen LogP contribution in [0.4, 0.5) is 0 Å². The lowest BCUT2D eigenvalue weighted by molar-refractivity contribution is 0.930. The lowest BCUT2D eigenvalue weighted by Gasteiger charge is -2.00. The summed E-state index contributed by atoms with van der Waals surface area (Å²) in [5, 5.41) is 8.99. The van der Waals surface area contributed by atoms with Crippen molar-refractivity contribution in [1.29, 1.82) is 0 Å². The second-order valence-corrected chi connectivity index (χ2v) is 5.15. The van der Waals surface area contributed by atoms with Gasteiger partial charge < -0.3 is 0 Å². The van der Waals surface area contributed by atoms with E-state index in [1.807, 2.05) is 30.3 Å². The summed E-state index contributed by atoms with van der Waals surface area (Å²) < 4.78 is 1.05. The Balaban J connectivity index is 2.18. The van der Waals surface area contributed by atoms with Crippen molar-refractivity contribution in [2.24, 2.45) is 0 Å². The predicted molar refractivity (Wildman–Crippen MR) is 65.3 cm³/mol. The van der Waals surface area contributed by atoms with E-state index in [2.05, 4.69) is 26.1 Å². The monoisotopic (exact) mass is 300 g/mol. The van der Waals surface area contributed by atoms with E-state index in [0.29, 0.717) is 5.15 Å². The molecule has 0 spiro atoms. The molecule has 0 N–H and O–H groups in total. The van der Waals surface area contributed by atoms with Crippen LogP contribution in [-0.4, -0.2) is 10.2 Å². The highest BCUT2D eigenvalue weighted by Gasteiger charge is 2.00. The lowest BCUT2D eigenvalue weighted by atomic mass is 10.4. The molecule has 1 heterocycles. The van der Waals surface area contributed by atoms with Crippen molar-refractivity contribution in [1.82, 2.24) is 10.2 Å². The van der Waals surface area contributed by atoms with E-state index in [1.165, 1.54) is 0 Å². The van der Waals surface area contributed by atoms with Crippen LogP contribution in [0, 0.1) is 0 Å². The first-order valence-electron chi connectivity index (χ1n) is 4.17. The molecule has 0 fully saturated rings. The Morgan fingerprint density at radius 1 is 1.13 bits per heavy atom. The molecule has 1 aromatic heterocycles. The Labute approximate surface area is 105 Å². The average molecular weight is 302 g/mol. The van der Waals surface area contributed by atoms with Crippen molar-refractivity contribution < 1.29 is 0 Å². The SMILES string of the molecule is Clc1ccc(Sc2cccc(Br)c2)nn1. The van der Waals surface area contributed by atoms with E-state index in [1.54, 1.807) is 17.8 Å². The van der Waals surface area contributed by atoms with Gasteiger partial charge in [-0.3, -0.25) is 0 Å². The Bertz CT molecular complexity index is 461. The average Bonchev–Trinajstić information content (AvgIpc) is 2.22. The fourth-order valence-corrected chi connectivity index (χ4v) is 2.45. The number of nitrogens with zero attached hydrogens (tertiary/aromatic N) is 2. The second-order valence-electron chi connectivity index (χ2n) is 2.75. The number of benzene rings is 1. The van der Waals surface area contributed by atoms with Crippen molar-refractivity contribution in [3.05, 3.63) is 46.0 Å². The highest BCUT2D eigenvalue weighted by Crippen LogP contribution is 2.27. The molecule has 0 aliphatic heterocycles. The van der Waals surface area contributed by atoms with Crippen LogP contribution < -0.4 is 0 Å². The van der Waals surface area contributed by atoms with E-state index in [0.717, 1.165) is 14.4 Å². The highest BCUT2D eigenvalue weighted by molar-refractivity contribution is 9.10. The molecule has 0 saturated heterocycles. The molecular weight excluding hydrogens is 296 g/mol. The first kappa shape index (κ1) is 10.9. The number of aromatic nitrogens is 2. The molecule has 0 amide bonds. The van der Waals surface area contributed by atoms with Gasteiger partial charge in [-0.15, -0.1) is 10.2 Å². The van der Waals surface area contributed by atoms with Gasteiger partial charge in [0.25, 0.3) is 0 Å². The van der Waals surface area contributed by atoms with Gasteiger partial charge in [-0.1, -0.05) is 45.4 Å². The Morgan fingerprint density at radius 2 is 2.00 bits per heavy atom. The predicted octanol–water partition coefficient (Wildman–Crippen LogP) is 4.04. The van der Waals surface area contributed by atoms with E-state index >= 15 is 0 Å². The molecule has 0 saturated carbocycles. The maximum absolute atomic E-state index is 5.65. The van der Waals surface area contributed by atoms with Crippen molar-refractivity contribution >= 4 is 39.3 Å². The first-order valence-corrected chi connectivity index (χ1v) is 6.15. The minimum absolute atomic E-state index is 0.411. The number of hydrogen-bond acceptors (Lipinski definition) is 3. The van der Waals surface area contributed by atoms with Crippen LogP contribution in [0.25, 0.3) is 0 Å². The van der Waals surface area contributed by atoms with Crippen molar-refractivity contribution in [3.63, 3.8) is 0 Å². The second kappa shape index (κ2) is 4.96. The van der Waals surface area contributed by atoms with Crippen molar-refractivity contribution in [3.8, 4) is 0 Å². The summed E-state index contributed by atoms with van der Waals surface area (Å²) in [4.78, 5) is 1.11. The van der Waals surface area contributed by atoms with Crippen LogP contribution in [-0.2, 0) is 0 Å². The van der Waals surface area contributed by atoms with Crippen molar-refractivity contribution in [2.45, 2.75) is 9.92 Å². The molecule has 0 radical (unpaired) electrons. The largest absolute Gasteiger partial charge is 0.151 e. The molecule has 76 valence electrons.